The highest BCUT2D eigenvalue weighted by Gasteiger charge is 1.99. The Morgan fingerprint density at radius 2 is 2.38 bits per heavy atom. The number of rotatable bonds is 2. The summed E-state index contributed by atoms with van der Waals surface area (Å²) in [5.74, 6) is 0.368. The summed E-state index contributed by atoms with van der Waals surface area (Å²) in [5, 5.41) is 0. The van der Waals surface area contributed by atoms with Gasteiger partial charge in [0.15, 0.2) is 0 Å². The van der Waals surface area contributed by atoms with Crippen molar-refractivity contribution in [3.63, 3.8) is 0 Å². The number of nitrogen functional groups attached to an aromatic ring is 1. The number of aromatic amines is 1. The zero-order valence-electron chi connectivity index (χ0n) is 7.79. The summed E-state index contributed by atoms with van der Waals surface area (Å²) in [6.07, 6.45) is 1.66. The fourth-order valence-corrected chi connectivity index (χ4v) is 0.966. The summed E-state index contributed by atoms with van der Waals surface area (Å²) in [4.78, 5) is 17.7. The minimum absolute atomic E-state index is 0.147. The number of nitrogens with zero attached hydrogens (tertiary/aromatic N) is 1. The molecule has 0 aliphatic heterocycles. The Hall–Kier alpha value is -1.58. The molecule has 1 aromatic rings. The molecule has 4 heteroatoms. The Morgan fingerprint density at radius 3 is 3.00 bits per heavy atom. The third-order valence-electron chi connectivity index (χ3n) is 1.70. The number of hydrogen-bond donors (Lipinski definition) is 2. The van der Waals surface area contributed by atoms with Crippen molar-refractivity contribution >= 4 is 12.0 Å². The largest absolute Gasteiger partial charge is 0.385 e. The number of anilines is 1. The van der Waals surface area contributed by atoms with Crippen molar-refractivity contribution in [3.8, 4) is 0 Å². The molecule has 1 aromatic heterocycles. The van der Waals surface area contributed by atoms with Gasteiger partial charge in [-0.3, -0.25) is 9.79 Å². The molecular formula is C9H13N3O. The van der Waals surface area contributed by atoms with E-state index in [4.69, 9.17) is 5.73 Å². The first kappa shape index (κ1) is 9.51. The molecule has 1 rings (SSSR count). The zero-order chi connectivity index (χ0) is 9.84. The van der Waals surface area contributed by atoms with Crippen LogP contribution in [-0.2, 0) is 0 Å². The summed E-state index contributed by atoms with van der Waals surface area (Å²) in [7, 11) is 0. The van der Waals surface area contributed by atoms with Crippen LogP contribution in [0.5, 0.6) is 0 Å². The molecule has 0 radical (unpaired) electrons. The van der Waals surface area contributed by atoms with Gasteiger partial charge in [0.05, 0.1) is 0 Å². The van der Waals surface area contributed by atoms with Gasteiger partial charge in [0.1, 0.15) is 5.82 Å². The van der Waals surface area contributed by atoms with Crippen molar-refractivity contribution in [2.24, 2.45) is 4.99 Å². The van der Waals surface area contributed by atoms with E-state index in [2.05, 4.69) is 9.98 Å². The summed E-state index contributed by atoms with van der Waals surface area (Å²) in [6, 6.07) is 1.73. The third kappa shape index (κ3) is 2.18. The van der Waals surface area contributed by atoms with Gasteiger partial charge in [-0.15, -0.1) is 0 Å². The number of pyridine rings is 1. The molecule has 1 heterocycles. The highest BCUT2D eigenvalue weighted by molar-refractivity contribution is 5.85. The van der Waals surface area contributed by atoms with Crippen LogP contribution >= 0.6 is 0 Å². The number of aryl methyl sites for hydroxylation is 1. The van der Waals surface area contributed by atoms with Crippen LogP contribution in [0.15, 0.2) is 15.9 Å². The standard InChI is InChI=1S/C9H13N3O/c1-3-11-5-7-4-6(2)9(13)12-8(7)10/h4-5H,3H2,1-2H3,(H3,10,12,13). The van der Waals surface area contributed by atoms with Crippen LogP contribution in [0.4, 0.5) is 5.82 Å². The average molecular weight is 179 g/mol. The maximum atomic E-state index is 11.1. The monoisotopic (exact) mass is 179 g/mol. The maximum Gasteiger partial charge on any atom is 0.252 e. The van der Waals surface area contributed by atoms with Crippen LogP contribution in [0.25, 0.3) is 0 Å². The first-order chi connectivity index (χ1) is 6.15. The lowest BCUT2D eigenvalue weighted by molar-refractivity contribution is 1.13. The van der Waals surface area contributed by atoms with Crippen LogP contribution in [-0.4, -0.2) is 17.7 Å². The summed E-state index contributed by atoms with van der Waals surface area (Å²) >= 11 is 0. The number of aliphatic imine (C=N–C) groups is 1. The van der Waals surface area contributed by atoms with Gasteiger partial charge >= 0.3 is 0 Å². The van der Waals surface area contributed by atoms with E-state index in [0.717, 1.165) is 5.56 Å². The number of nitrogens with two attached hydrogens (primary N) is 1. The minimum Gasteiger partial charge on any atom is -0.385 e. The van der Waals surface area contributed by atoms with Crippen molar-refractivity contribution in [1.29, 1.82) is 0 Å². The molecule has 0 aliphatic carbocycles. The van der Waals surface area contributed by atoms with Crippen LogP contribution in [0.2, 0.25) is 0 Å². The van der Waals surface area contributed by atoms with Crippen LogP contribution < -0.4 is 11.3 Å². The fourth-order valence-electron chi connectivity index (χ4n) is 0.966. The van der Waals surface area contributed by atoms with Gasteiger partial charge in [-0.25, -0.2) is 0 Å². The molecule has 13 heavy (non-hydrogen) atoms. The molecule has 0 aliphatic rings. The van der Waals surface area contributed by atoms with Crippen molar-refractivity contribution in [1.82, 2.24) is 4.98 Å². The van der Waals surface area contributed by atoms with Gasteiger partial charge in [0, 0.05) is 23.9 Å². The van der Waals surface area contributed by atoms with E-state index in [-0.39, 0.29) is 5.56 Å². The molecule has 0 saturated heterocycles. The molecular weight excluding hydrogens is 166 g/mol. The van der Waals surface area contributed by atoms with Gasteiger partial charge in [0.2, 0.25) is 0 Å². The first-order valence-corrected chi connectivity index (χ1v) is 4.14. The van der Waals surface area contributed by atoms with Crippen LogP contribution in [0.3, 0.4) is 0 Å². The summed E-state index contributed by atoms with van der Waals surface area (Å²) in [5.41, 5.74) is 6.85. The first-order valence-electron chi connectivity index (χ1n) is 4.14. The van der Waals surface area contributed by atoms with Gasteiger partial charge < -0.3 is 10.7 Å². The molecule has 0 atom stereocenters. The van der Waals surface area contributed by atoms with Gasteiger partial charge in [0.25, 0.3) is 5.56 Å². The second-order valence-electron chi connectivity index (χ2n) is 2.78. The van der Waals surface area contributed by atoms with E-state index >= 15 is 0 Å². The Morgan fingerprint density at radius 1 is 1.69 bits per heavy atom. The third-order valence-corrected chi connectivity index (χ3v) is 1.70. The predicted octanol–water partition coefficient (Wildman–Crippen LogP) is 0.704. The average Bonchev–Trinajstić information content (AvgIpc) is 2.09. The van der Waals surface area contributed by atoms with Crippen LogP contribution in [0, 0.1) is 6.92 Å². The molecule has 0 amide bonds. The molecule has 0 unspecified atom stereocenters. The van der Waals surface area contributed by atoms with Gasteiger partial charge in [-0.2, -0.15) is 0 Å². The van der Waals surface area contributed by atoms with Gasteiger partial charge in [-0.1, -0.05) is 0 Å². The normalized spacial score (nSPS) is 10.9. The highest BCUT2D eigenvalue weighted by atomic mass is 16.1. The van der Waals surface area contributed by atoms with Crippen molar-refractivity contribution < 1.29 is 0 Å². The molecule has 70 valence electrons. The van der Waals surface area contributed by atoms with Gasteiger partial charge in [-0.05, 0) is 19.9 Å². The van der Waals surface area contributed by atoms with Crippen LogP contribution in [0.1, 0.15) is 18.1 Å². The topological polar surface area (TPSA) is 71.2 Å². The minimum atomic E-state index is -0.147. The van der Waals surface area contributed by atoms with E-state index < -0.39 is 0 Å². The molecule has 0 saturated carbocycles. The Kier molecular flexibility index (Phi) is 2.84. The van der Waals surface area contributed by atoms with Crippen molar-refractivity contribution in [3.05, 3.63) is 27.5 Å². The fraction of sp³-hybridized carbons (Fsp3) is 0.333. The highest BCUT2D eigenvalue weighted by Crippen LogP contribution is 2.03. The second kappa shape index (κ2) is 3.89. The number of hydrogen-bond acceptors (Lipinski definition) is 3. The lowest BCUT2D eigenvalue weighted by atomic mass is 10.2. The molecule has 4 nitrogen and oxygen atoms in total. The SMILES string of the molecule is CCN=Cc1cc(C)c(=O)[nH]c1N. The smallest absolute Gasteiger partial charge is 0.252 e. The van der Waals surface area contributed by atoms with Crippen molar-refractivity contribution in [2.75, 3.05) is 12.3 Å². The lowest BCUT2D eigenvalue weighted by Gasteiger charge is -2.00. The van der Waals surface area contributed by atoms with E-state index in [9.17, 15) is 4.79 Å². The summed E-state index contributed by atoms with van der Waals surface area (Å²) in [6.45, 7) is 4.38. The van der Waals surface area contributed by atoms with E-state index in [1.165, 1.54) is 0 Å². The molecule has 0 bridgehead atoms. The predicted molar refractivity (Wildman–Crippen MR) is 54.3 cm³/mol. The molecule has 0 aromatic carbocycles. The lowest BCUT2D eigenvalue weighted by Crippen LogP contribution is -2.13. The molecule has 0 spiro atoms. The molecule has 0 fully saturated rings. The number of H-pyrrole nitrogens is 1. The van der Waals surface area contributed by atoms with E-state index in [0.29, 0.717) is 17.9 Å². The molecule has 3 N–H and O–H groups in total. The zero-order valence-corrected chi connectivity index (χ0v) is 7.79. The summed E-state index contributed by atoms with van der Waals surface area (Å²) < 4.78 is 0. The number of nitrogens with one attached hydrogen (secondary N) is 1. The quantitative estimate of drug-likeness (QED) is 0.656. The van der Waals surface area contributed by atoms with E-state index in [1.54, 1.807) is 19.2 Å². The Balaban J connectivity index is 3.16. The van der Waals surface area contributed by atoms with Crippen molar-refractivity contribution in [2.45, 2.75) is 13.8 Å². The number of aromatic nitrogens is 1. The maximum absolute atomic E-state index is 11.1. The Labute approximate surface area is 76.5 Å². The Bertz CT molecular complexity index is 379. The van der Waals surface area contributed by atoms with E-state index in [1.807, 2.05) is 6.92 Å². The second-order valence-corrected chi connectivity index (χ2v) is 2.78.